The standard InChI is InChI=1S/C14H15ClFNO3/c15-8-5-6-12(11(16)7-8)17-13(18)9-3-1-2-4-10(9)14(19)20/h5-7,9-10H,1-4H2,(H,17,18)(H,19,20). The second-order valence-electron chi connectivity index (χ2n) is 4.95. The van der Waals surface area contributed by atoms with Crippen LogP contribution in [0.4, 0.5) is 10.1 Å². The lowest BCUT2D eigenvalue weighted by molar-refractivity contribution is -0.147. The summed E-state index contributed by atoms with van der Waals surface area (Å²) in [5, 5.41) is 11.8. The zero-order valence-electron chi connectivity index (χ0n) is 10.7. The van der Waals surface area contributed by atoms with Crippen molar-refractivity contribution in [1.29, 1.82) is 0 Å². The fraction of sp³-hybridized carbons (Fsp3) is 0.429. The number of amides is 1. The van der Waals surface area contributed by atoms with E-state index in [0.29, 0.717) is 12.8 Å². The van der Waals surface area contributed by atoms with Gasteiger partial charge < -0.3 is 10.4 Å². The minimum atomic E-state index is -0.971. The van der Waals surface area contributed by atoms with Gasteiger partial charge in [-0.15, -0.1) is 0 Å². The molecule has 0 bridgehead atoms. The van der Waals surface area contributed by atoms with Gasteiger partial charge in [-0.05, 0) is 31.0 Å². The molecule has 2 unspecified atom stereocenters. The van der Waals surface area contributed by atoms with E-state index in [1.165, 1.54) is 12.1 Å². The molecule has 0 aromatic heterocycles. The van der Waals surface area contributed by atoms with E-state index in [2.05, 4.69) is 5.32 Å². The number of nitrogens with one attached hydrogen (secondary N) is 1. The average Bonchev–Trinajstić information content (AvgIpc) is 2.41. The van der Waals surface area contributed by atoms with E-state index in [1.807, 2.05) is 0 Å². The molecule has 1 fully saturated rings. The number of aliphatic carboxylic acids is 1. The maximum atomic E-state index is 13.6. The van der Waals surface area contributed by atoms with Crippen LogP contribution in [0, 0.1) is 17.7 Å². The van der Waals surface area contributed by atoms with Crippen LogP contribution in [0.1, 0.15) is 25.7 Å². The van der Waals surface area contributed by atoms with E-state index >= 15 is 0 Å². The van der Waals surface area contributed by atoms with E-state index in [0.717, 1.165) is 18.9 Å². The van der Waals surface area contributed by atoms with Crippen LogP contribution < -0.4 is 5.32 Å². The summed E-state index contributed by atoms with van der Waals surface area (Å²) in [5.74, 6) is -3.36. The highest BCUT2D eigenvalue weighted by Crippen LogP contribution is 2.31. The van der Waals surface area contributed by atoms with Gasteiger partial charge in [0.05, 0.1) is 17.5 Å². The number of anilines is 1. The van der Waals surface area contributed by atoms with Gasteiger partial charge in [-0.3, -0.25) is 9.59 Å². The van der Waals surface area contributed by atoms with Crippen molar-refractivity contribution in [2.45, 2.75) is 25.7 Å². The molecule has 2 rings (SSSR count). The van der Waals surface area contributed by atoms with Crippen molar-refractivity contribution in [3.05, 3.63) is 29.0 Å². The molecule has 1 aromatic rings. The molecule has 1 aliphatic carbocycles. The predicted octanol–water partition coefficient (Wildman–Crippen LogP) is 3.31. The van der Waals surface area contributed by atoms with Crippen LogP contribution in [0.2, 0.25) is 5.02 Å². The largest absolute Gasteiger partial charge is 0.481 e. The monoisotopic (exact) mass is 299 g/mol. The summed E-state index contributed by atoms with van der Waals surface area (Å²) in [5.41, 5.74) is 0.0223. The van der Waals surface area contributed by atoms with E-state index in [4.69, 9.17) is 16.7 Å². The summed E-state index contributed by atoms with van der Waals surface area (Å²) in [6.07, 6.45) is 2.61. The van der Waals surface area contributed by atoms with Gasteiger partial charge in [-0.2, -0.15) is 0 Å². The first-order valence-electron chi connectivity index (χ1n) is 6.48. The SMILES string of the molecule is O=C(O)C1CCCCC1C(=O)Nc1ccc(Cl)cc1F. The van der Waals surface area contributed by atoms with Gasteiger partial charge in [-0.1, -0.05) is 24.4 Å². The third-order valence-corrected chi connectivity index (χ3v) is 3.84. The second kappa shape index (κ2) is 6.22. The molecule has 0 saturated heterocycles. The Bertz CT molecular complexity index is 535. The van der Waals surface area contributed by atoms with Gasteiger partial charge in [0.25, 0.3) is 0 Å². The number of rotatable bonds is 3. The molecule has 1 aliphatic rings. The molecule has 0 aliphatic heterocycles. The number of hydrogen-bond donors (Lipinski definition) is 2. The number of carboxylic acid groups (broad SMARTS) is 1. The molecule has 1 amide bonds. The Kier molecular flexibility index (Phi) is 4.60. The van der Waals surface area contributed by atoms with Gasteiger partial charge in [0.2, 0.25) is 5.91 Å². The molecule has 2 atom stereocenters. The Labute approximate surface area is 120 Å². The zero-order chi connectivity index (χ0) is 14.7. The first kappa shape index (κ1) is 14.8. The van der Waals surface area contributed by atoms with E-state index in [-0.39, 0.29) is 10.7 Å². The van der Waals surface area contributed by atoms with Crippen LogP contribution in [0.15, 0.2) is 18.2 Å². The normalized spacial score (nSPS) is 22.3. The minimum absolute atomic E-state index is 0.0223. The summed E-state index contributed by atoms with van der Waals surface area (Å²) in [4.78, 5) is 23.3. The van der Waals surface area contributed by atoms with Crippen LogP contribution in [-0.4, -0.2) is 17.0 Å². The number of halogens is 2. The molecule has 0 radical (unpaired) electrons. The lowest BCUT2D eigenvalue weighted by atomic mass is 9.78. The predicted molar refractivity (Wildman–Crippen MR) is 73.1 cm³/mol. The highest BCUT2D eigenvalue weighted by Gasteiger charge is 2.35. The lowest BCUT2D eigenvalue weighted by Gasteiger charge is -2.27. The first-order chi connectivity index (χ1) is 9.49. The smallest absolute Gasteiger partial charge is 0.307 e. The summed E-state index contributed by atoms with van der Waals surface area (Å²) in [6.45, 7) is 0. The Morgan fingerprint density at radius 1 is 1.25 bits per heavy atom. The van der Waals surface area contributed by atoms with E-state index < -0.39 is 29.5 Å². The Balaban J connectivity index is 2.12. The molecular weight excluding hydrogens is 285 g/mol. The van der Waals surface area contributed by atoms with Crippen LogP contribution in [0.5, 0.6) is 0 Å². The molecule has 1 saturated carbocycles. The van der Waals surface area contributed by atoms with Crippen molar-refractivity contribution in [3.63, 3.8) is 0 Å². The molecule has 1 aromatic carbocycles. The van der Waals surface area contributed by atoms with Crippen LogP contribution in [0.25, 0.3) is 0 Å². The van der Waals surface area contributed by atoms with Crippen molar-refractivity contribution in [2.75, 3.05) is 5.32 Å². The van der Waals surface area contributed by atoms with Gasteiger partial charge >= 0.3 is 5.97 Å². The van der Waals surface area contributed by atoms with Crippen LogP contribution in [0.3, 0.4) is 0 Å². The van der Waals surface area contributed by atoms with Gasteiger partial charge in [0.15, 0.2) is 0 Å². The zero-order valence-corrected chi connectivity index (χ0v) is 11.5. The summed E-state index contributed by atoms with van der Waals surface area (Å²) in [6, 6.07) is 3.94. The molecular formula is C14H15ClFNO3. The minimum Gasteiger partial charge on any atom is -0.481 e. The van der Waals surface area contributed by atoms with Crippen molar-refractivity contribution < 1.29 is 19.1 Å². The third-order valence-electron chi connectivity index (χ3n) is 3.61. The van der Waals surface area contributed by atoms with E-state index in [9.17, 15) is 14.0 Å². The number of carbonyl (C=O) groups is 2. The van der Waals surface area contributed by atoms with Crippen molar-refractivity contribution in [2.24, 2.45) is 11.8 Å². The quantitative estimate of drug-likeness (QED) is 0.900. The number of hydrogen-bond acceptors (Lipinski definition) is 2. The highest BCUT2D eigenvalue weighted by molar-refractivity contribution is 6.30. The Morgan fingerprint density at radius 3 is 2.50 bits per heavy atom. The van der Waals surface area contributed by atoms with Gasteiger partial charge in [0.1, 0.15) is 5.82 Å². The number of carbonyl (C=O) groups excluding carboxylic acids is 1. The maximum absolute atomic E-state index is 13.6. The van der Waals surface area contributed by atoms with Gasteiger partial charge in [0, 0.05) is 5.02 Å². The van der Waals surface area contributed by atoms with Crippen molar-refractivity contribution in [3.8, 4) is 0 Å². The summed E-state index contributed by atoms with van der Waals surface area (Å²) in [7, 11) is 0. The number of benzene rings is 1. The highest BCUT2D eigenvalue weighted by atomic mass is 35.5. The number of carboxylic acids is 1. The Hall–Kier alpha value is -1.62. The molecule has 0 heterocycles. The van der Waals surface area contributed by atoms with Crippen LogP contribution >= 0.6 is 11.6 Å². The van der Waals surface area contributed by atoms with Gasteiger partial charge in [-0.25, -0.2) is 4.39 Å². The fourth-order valence-electron chi connectivity index (χ4n) is 2.56. The molecule has 0 spiro atoms. The summed E-state index contributed by atoms with van der Waals surface area (Å²) < 4.78 is 13.6. The summed E-state index contributed by atoms with van der Waals surface area (Å²) >= 11 is 5.64. The first-order valence-corrected chi connectivity index (χ1v) is 6.85. The topological polar surface area (TPSA) is 66.4 Å². The molecule has 6 heteroatoms. The maximum Gasteiger partial charge on any atom is 0.307 e. The molecule has 20 heavy (non-hydrogen) atoms. The van der Waals surface area contributed by atoms with Crippen molar-refractivity contribution in [1.82, 2.24) is 0 Å². The van der Waals surface area contributed by atoms with Crippen LogP contribution in [-0.2, 0) is 9.59 Å². The second-order valence-corrected chi connectivity index (χ2v) is 5.39. The average molecular weight is 300 g/mol. The van der Waals surface area contributed by atoms with E-state index in [1.54, 1.807) is 0 Å². The Morgan fingerprint density at radius 2 is 1.90 bits per heavy atom. The fourth-order valence-corrected chi connectivity index (χ4v) is 2.72. The lowest BCUT2D eigenvalue weighted by Crippen LogP contribution is -2.36. The third kappa shape index (κ3) is 3.28. The molecule has 4 nitrogen and oxygen atoms in total. The molecule has 108 valence electrons. The van der Waals surface area contributed by atoms with Crippen molar-refractivity contribution >= 4 is 29.2 Å². The molecule has 2 N–H and O–H groups in total.